The molecule has 5 nitrogen and oxygen atoms in total. The number of halogens is 1. The lowest BCUT2D eigenvalue weighted by atomic mass is 10.2. The van der Waals surface area contributed by atoms with Gasteiger partial charge >= 0.3 is 5.97 Å². The van der Waals surface area contributed by atoms with Crippen molar-refractivity contribution in [3.63, 3.8) is 0 Å². The molecule has 0 atom stereocenters. The van der Waals surface area contributed by atoms with E-state index in [0.29, 0.717) is 11.4 Å². The second-order valence-corrected chi connectivity index (χ2v) is 5.43. The number of nitrogens with zero attached hydrogens (tertiary/aromatic N) is 1. The van der Waals surface area contributed by atoms with Crippen LogP contribution in [-0.4, -0.2) is 23.5 Å². The SMILES string of the molecule is O=C(COC(=O)/C=C/c1ccc2ccccc2n1)Nc1cccc(F)c1. The van der Waals surface area contributed by atoms with E-state index in [-0.39, 0.29) is 0 Å². The minimum Gasteiger partial charge on any atom is -0.452 e. The number of benzene rings is 2. The third-order valence-corrected chi connectivity index (χ3v) is 3.46. The fourth-order valence-corrected chi connectivity index (χ4v) is 2.28. The molecule has 3 aromatic rings. The second-order valence-electron chi connectivity index (χ2n) is 5.43. The Morgan fingerprint density at radius 1 is 1.08 bits per heavy atom. The molecule has 6 heteroatoms. The van der Waals surface area contributed by atoms with Gasteiger partial charge in [-0.1, -0.05) is 30.3 Å². The van der Waals surface area contributed by atoms with Gasteiger partial charge in [0.2, 0.25) is 0 Å². The van der Waals surface area contributed by atoms with Crippen molar-refractivity contribution in [2.75, 3.05) is 11.9 Å². The van der Waals surface area contributed by atoms with Crippen LogP contribution in [-0.2, 0) is 14.3 Å². The van der Waals surface area contributed by atoms with Crippen LogP contribution in [0, 0.1) is 5.82 Å². The number of anilines is 1. The fourth-order valence-electron chi connectivity index (χ4n) is 2.28. The van der Waals surface area contributed by atoms with Crippen LogP contribution in [0.3, 0.4) is 0 Å². The normalized spacial score (nSPS) is 10.8. The average Bonchev–Trinajstić information content (AvgIpc) is 2.64. The smallest absolute Gasteiger partial charge is 0.331 e. The van der Waals surface area contributed by atoms with Gasteiger partial charge in [-0.05, 0) is 36.4 Å². The van der Waals surface area contributed by atoms with Crippen molar-refractivity contribution < 1.29 is 18.7 Å². The molecule has 26 heavy (non-hydrogen) atoms. The van der Waals surface area contributed by atoms with Crippen molar-refractivity contribution in [2.45, 2.75) is 0 Å². The molecular weight excluding hydrogens is 335 g/mol. The molecule has 0 saturated heterocycles. The molecule has 3 rings (SSSR count). The van der Waals surface area contributed by atoms with Gasteiger partial charge in [-0.15, -0.1) is 0 Å². The zero-order valence-corrected chi connectivity index (χ0v) is 13.7. The van der Waals surface area contributed by atoms with Crippen molar-refractivity contribution in [3.8, 4) is 0 Å². The van der Waals surface area contributed by atoms with Gasteiger partial charge in [-0.3, -0.25) is 4.79 Å². The summed E-state index contributed by atoms with van der Waals surface area (Å²) in [4.78, 5) is 27.8. The van der Waals surface area contributed by atoms with Crippen LogP contribution in [0.4, 0.5) is 10.1 Å². The topological polar surface area (TPSA) is 68.3 Å². The van der Waals surface area contributed by atoms with Gasteiger partial charge in [0.15, 0.2) is 6.61 Å². The number of amides is 1. The number of hydrogen-bond acceptors (Lipinski definition) is 4. The Bertz CT molecular complexity index is 985. The highest BCUT2D eigenvalue weighted by atomic mass is 19.1. The Labute approximate surface area is 149 Å². The van der Waals surface area contributed by atoms with E-state index in [2.05, 4.69) is 10.3 Å². The summed E-state index contributed by atoms with van der Waals surface area (Å²) in [6.07, 6.45) is 2.71. The van der Waals surface area contributed by atoms with Crippen LogP contribution in [0.5, 0.6) is 0 Å². The summed E-state index contributed by atoms with van der Waals surface area (Å²) in [6.45, 7) is -0.467. The Morgan fingerprint density at radius 2 is 1.92 bits per heavy atom. The first-order valence-electron chi connectivity index (χ1n) is 7.86. The van der Waals surface area contributed by atoms with E-state index in [0.717, 1.165) is 10.9 Å². The van der Waals surface area contributed by atoms with Crippen molar-refractivity contribution in [1.82, 2.24) is 4.98 Å². The van der Waals surface area contributed by atoms with Gasteiger partial charge in [-0.2, -0.15) is 0 Å². The first kappa shape index (κ1) is 17.3. The Morgan fingerprint density at radius 3 is 2.77 bits per heavy atom. The molecule has 0 bridgehead atoms. The summed E-state index contributed by atoms with van der Waals surface area (Å²) < 4.78 is 17.9. The number of ether oxygens (including phenoxy) is 1. The molecule has 1 amide bonds. The molecule has 1 N–H and O–H groups in total. The zero-order chi connectivity index (χ0) is 18.4. The van der Waals surface area contributed by atoms with Gasteiger partial charge in [0.1, 0.15) is 5.82 Å². The van der Waals surface area contributed by atoms with Gasteiger partial charge in [0.25, 0.3) is 5.91 Å². The van der Waals surface area contributed by atoms with Crippen LogP contribution < -0.4 is 5.32 Å². The van der Waals surface area contributed by atoms with E-state index >= 15 is 0 Å². The molecule has 0 spiro atoms. The van der Waals surface area contributed by atoms with Gasteiger partial charge in [0.05, 0.1) is 11.2 Å². The highest BCUT2D eigenvalue weighted by Gasteiger charge is 2.06. The van der Waals surface area contributed by atoms with E-state index in [1.807, 2.05) is 30.3 Å². The number of rotatable bonds is 5. The summed E-state index contributed by atoms with van der Waals surface area (Å²) in [7, 11) is 0. The Balaban J connectivity index is 1.52. The standard InChI is InChI=1S/C20H15FN2O3/c21-15-5-3-6-17(12-15)23-19(24)13-26-20(25)11-10-16-9-8-14-4-1-2-7-18(14)22-16/h1-12H,13H2,(H,23,24)/b11-10+. The molecule has 0 radical (unpaired) electrons. The van der Waals surface area contributed by atoms with Gasteiger partial charge in [0, 0.05) is 17.1 Å². The highest BCUT2D eigenvalue weighted by molar-refractivity contribution is 5.94. The summed E-state index contributed by atoms with van der Waals surface area (Å²) in [6, 6.07) is 16.8. The monoisotopic (exact) mass is 350 g/mol. The van der Waals surface area contributed by atoms with Crippen LogP contribution in [0.2, 0.25) is 0 Å². The third-order valence-electron chi connectivity index (χ3n) is 3.46. The summed E-state index contributed by atoms with van der Waals surface area (Å²) in [5, 5.41) is 3.44. The molecular formula is C20H15FN2O3. The largest absolute Gasteiger partial charge is 0.452 e. The molecule has 0 aliphatic rings. The Kier molecular flexibility index (Phi) is 5.34. The number of hydrogen-bond donors (Lipinski definition) is 1. The molecule has 1 aromatic heterocycles. The molecule has 0 aliphatic carbocycles. The van der Waals surface area contributed by atoms with Gasteiger partial charge in [-0.25, -0.2) is 14.2 Å². The van der Waals surface area contributed by atoms with Crippen LogP contribution >= 0.6 is 0 Å². The fraction of sp³-hybridized carbons (Fsp3) is 0.0500. The maximum absolute atomic E-state index is 13.0. The number of carbonyl (C=O) groups is 2. The van der Waals surface area contributed by atoms with Crippen LogP contribution in [0.25, 0.3) is 17.0 Å². The number of para-hydroxylation sites is 1. The third kappa shape index (κ3) is 4.73. The lowest BCUT2D eigenvalue weighted by molar-refractivity contribution is -0.142. The van der Waals surface area contributed by atoms with Crippen LogP contribution in [0.15, 0.2) is 66.7 Å². The maximum Gasteiger partial charge on any atom is 0.331 e. The number of aromatic nitrogens is 1. The molecule has 1 heterocycles. The lowest BCUT2D eigenvalue weighted by Crippen LogP contribution is -2.20. The second kappa shape index (κ2) is 8.02. The average molecular weight is 350 g/mol. The number of pyridine rings is 1. The first-order valence-corrected chi connectivity index (χ1v) is 7.86. The minimum atomic E-state index is -0.672. The molecule has 0 saturated carbocycles. The highest BCUT2D eigenvalue weighted by Crippen LogP contribution is 2.12. The minimum absolute atomic E-state index is 0.293. The van der Waals surface area contributed by atoms with Gasteiger partial charge < -0.3 is 10.1 Å². The van der Waals surface area contributed by atoms with E-state index in [4.69, 9.17) is 4.74 Å². The zero-order valence-electron chi connectivity index (χ0n) is 13.7. The van der Waals surface area contributed by atoms with Crippen molar-refractivity contribution >= 4 is 34.5 Å². The van der Waals surface area contributed by atoms with E-state index in [1.165, 1.54) is 36.4 Å². The quantitative estimate of drug-likeness (QED) is 0.564. The molecule has 130 valence electrons. The number of esters is 1. The van der Waals surface area contributed by atoms with Crippen molar-refractivity contribution in [1.29, 1.82) is 0 Å². The molecule has 2 aromatic carbocycles. The summed E-state index contributed by atoms with van der Waals surface area (Å²) >= 11 is 0. The maximum atomic E-state index is 13.0. The number of carbonyl (C=O) groups excluding carboxylic acids is 2. The van der Waals surface area contributed by atoms with Crippen molar-refractivity contribution in [2.24, 2.45) is 0 Å². The van der Waals surface area contributed by atoms with Crippen molar-refractivity contribution in [3.05, 3.63) is 78.3 Å². The molecule has 0 fully saturated rings. The predicted molar refractivity (Wildman–Crippen MR) is 96.8 cm³/mol. The van der Waals surface area contributed by atoms with E-state index < -0.39 is 24.3 Å². The van der Waals surface area contributed by atoms with E-state index in [9.17, 15) is 14.0 Å². The van der Waals surface area contributed by atoms with Crippen LogP contribution in [0.1, 0.15) is 5.69 Å². The number of fused-ring (bicyclic) bond motifs is 1. The number of nitrogens with one attached hydrogen (secondary N) is 1. The summed E-state index contributed by atoms with van der Waals surface area (Å²) in [5.41, 5.74) is 1.71. The first-order chi connectivity index (χ1) is 12.6. The van der Waals surface area contributed by atoms with E-state index in [1.54, 1.807) is 6.07 Å². The Hall–Kier alpha value is -3.54. The molecule has 0 aliphatic heterocycles. The summed E-state index contributed by atoms with van der Waals surface area (Å²) in [5.74, 6) is -1.69. The lowest BCUT2D eigenvalue weighted by Gasteiger charge is -2.05. The predicted octanol–water partition coefficient (Wildman–Crippen LogP) is 3.57. The molecule has 0 unspecified atom stereocenters.